The van der Waals surface area contributed by atoms with Gasteiger partial charge in [-0.1, -0.05) is 0 Å². The predicted molar refractivity (Wildman–Crippen MR) is 69.8 cm³/mol. The van der Waals surface area contributed by atoms with Crippen molar-refractivity contribution < 1.29 is 23.1 Å². The smallest absolute Gasteiger partial charge is 0.384 e. The summed E-state index contributed by atoms with van der Waals surface area (Å²) in [5.41, 5.74) is 1.27. The van der Waals surface area contributed by atoms with E-state index in [1.54, 1.807) is 24.3 Å². The summed E-state index contributed by atoms with van der Waals surface area (Å²) < 4.78 is 36.1. The van der Waals surface area contributed by atoms with Crippen molar-refractivity contribution >= 4 is 11.6 Å². The fourth-order valence-corrected chi connectivity index (χ4v) is 1.50. The molecule has 0 radical (unpaired) electrons. The number of halogens is 3. The Hall–Kier alpha value is -1.76. The molecule has 1 atom stereocenters. The Morgan fingerprint density at radius 3 is 2.30 bits per heavy atom. The van der Waals surface area contributed by atoms with Crippen molar-refractivity contribution in [1.29, 1.82) is 0 Å². The maximum absolute atomic E-state index is 12.0. The number of hydrogen-bond donors (Lipinski definition) is 2. The molecule has 1 aromatic rings. The van der Waals surface area contributed by atoms with Crippen molar-refractivity contribution in [3.05, 3.63) is 29.8 Å². The number of carbonyl (C=O) groups excluding carboxylic acids is 1. The lowest BCUT2D eigenvalue weighted by Crippen LogP contribution is -2.34. The molecule has 1 rings (SSSR count). The van der Waals surface area contributed by atoms with Crippen LogP contribution in [0, 0.1) is 0 Å². The van der Waals surface area contributed by atoms with E-state index in [0.29, 0.717) is 5.56 Å². The van der Waals surface area contributed by atoms with Crippen molar-refractivity contribution in [2.45, 2.75) is 18.7 Å². The molecule has 7 heteroatoms. The summed E-state index contributed by atoms with van der Waals surface area (Å²) in [5, 5.41) is 11.1. The van der Waals surface area contributed by atoms with Crippen LogP contribution in [0.15, 0.2) is 24.3 Å². The van der Waals surface area contributed by atoms with Gasteiger partial charge in [0.1, 0.15) is 0 Å². The van der Waals surface area contributed by atoms with Crippen LogP contribution in [0.4, 0.5) is 18.9 Å². The molecule has 0 spiro atoms. The number of nitrogens with one attached hydrogen (secondary N) is 1. The quantitative estimate of drug-likeness (QED) is 0.869. The Morgan fingerprint density at radius 1 is 1.30 bits per heavy atom. The van der Waals surface area contributed by atoms with Gasteiger partial charge < -0.3 is 15.3 Å². The van der Waals surface area contributed by atoms with Crippen LogP contribution < -0.4 is 10.2 Å². The van der Waals surface area contributed by atoms with Crippen LogP contribution in [0.25, 0.3) is 0 Å². The molecule has 112 valence electrons. The summed E-state index contributed by atoms with van der Waals surface area (Å²) >= 11 is 0. The van der Waals surface area contributed by atoms with Gasteiger partial charge in [0, 0.05) is 31.9 Å². The zero-order chi connectivity index (χ0) is 15.3. The number of aliphatic hydroxyl groups excluding tert-OH is 1. The number of benzene rings is 1. The van der Waals surface area contributed by atoms with Gasteiger partial charge in [-0.15, -0.1) is 0 Å². The normalized spacial score (nSPS) is 12.9. The summed E-state index contributed by atoms with van der Waals surface area (Å²) in [5.74, 6) is -0.468. The summed E-state index contributed by atoms with van der Waals surface area (Å²) in [6, 6.07) is 6.65. The third-order valence-corrected chi connectivity index (χ3v) is 2.73. The van der Waals surface area contributed by atoms with Crippen molar-refractivity contribution in [2.24, 2.45) is 0 Å². The second-order valence-electron chi connectivity index (χ2n) is 4.54. The van der Waals surface area contributed by atoms with Crippen LogP contribution >= 0.6 is 0 Å². The summed E-state index contributed by atoms with van der Waals surface area (Å²) in [6.07, 6.45) is -7.64. The van der Waals surface area contributed by atoms with Gasteiger partial charge in [-0.3, -0.25) is 4.79 Å². The van der Waals surface area contributed by atoms with E-state index in [0.717, 1.165) is 5.69 Å². The van der Waals surface area contributed by atoms with E-state index >= 15 is 0 Å². The second-order valence-corrected chi connectivity index (χ2v) is 4.54. The molecule has 4 nitrogen and oxygen atoms in total. The minimum Gasteiger partial charge on any atom is -0.384 e. The lowest BCUT2D eigenvalue weighted by atomic mass is 10.2. The molecular weight excluding hydrogens is 273 g/mol. The Bertz CT molecular complexity index is 444. The van der Waals surface area contributed by atoms with Crippen LogP contribution in [-0.2, 0) is 0 Å². The van der Waals surface area contributed by atoms with Crippen molar-refractivity contribution in [3.63, 3.8) is 0 Å². The minimum atomic E-state index is -4.65. The highest BCUT2D eigenvalue weighted by Gasteiger charge is 2.37. The van der Waals surface area contributed by atoms with Gasteiger partial charge in [0.2, 0.25) is 0 Å². The van der Waals surface area contributed by atoms with E-state index in [1.165, 1.54) is 0 Å². The molecule has 0 saturated carbocycles. The summed E-state index contributed by atoms with van der Waals surface area (Å²) in [6.45, 7) is -0.241. The first-order valence-electron chi connectivity index (χ1n) is 6.02. The average Bonchev–Trinajstić information content (AvgIpc) is 2.37. The monoisotopic (exact) mass is 290 g/mol. The highest BCUT2D eigenvalue weighted by molar-refractivity contribution is 5.94. The number of nitrogens with zero attached hydrogens (tertiary/aromatic N) is 1. The van der Waals surface area contributed by atoms with E-state index in [4.69, 9.17) is 5.11 Å². The molecule has 0 aromatic heterocycles. The lowest BCUT2D eigenvalue weighted by Gasteiger charge is -2.15. The number of anilines is 1. The fraction of sp³-hybridized carbons (Fsp3) is 0.462. The number of hydrogen-bond acceptors (Lipinski definition) is 3. The molecule has 20 heavy (non-hydrogen) atoms. The second kappa shape index (κ2) is 6.60. The van der Waals surface area contributed by atoms with Gasteiger partial charge in [-0.05, 0) is 30.7 Å². The van der Waals surface area contributed by atoms with Crippen molar-refractivity contribution in [3.8, 4) is 0 Å². The SMILES string of the molecule is CN(C)c1ccc(C(=O)NCC[C@H](O)C(F)(F)F)cc1. The zero-order valence-electron chi connectivity index (χ0n) is 11.2. The molecular formula is C13H17F3N2O2. The van der Waals surface area contributed by atoms with Crippen LogP contribution in [-0.4, -0.2) is 43.9 Å². The van der Waals surface area contributed by atoms with Crippen molar-refractivity contribution in [2.75, 3.05) is 25.5 Å². The van der Waals surface area contributed by atoms with Crippen molar-refractivity contribution in [1.82, 2.24) is 5.32 Å². The van der Waals surface area contributed by atoms with E-state index in [2.05, 4.69) is 5.32 Å². The molecule has 0 fully saturated rings. The van der Waals surface area contributed by atoms with E-state index in [1.807, 2.05) is 19.0 Å². The van der Waals surface area contributed by atoms with Gasteiger partial charge in [0.25, 0.3) is 5.91 Å². The molecule has 0 aliphatic heterocycles. The molecule has 1 amide bonds. The fourth-order valence-electron chi connectivity index (χ4n) is 1.50. The van der Waals surface area contributed by atoms with Gasteiger partial charge >= 0.3 is 6.18 Å². The zero-order valence-corrected chi connectivity index (χ0v) is 11.2. The number of amides is 1. The maximum atomic E-state index is 12.0. The summed E-state index contributed by atoms with van der Waals surface area (Å²) in [7, 11) is 3.71. The summed E-state index contributed by atoms with van der Waals surface area (Å²) in [4.78, 5) is 13.5. The molecule has 0 bridgehead atoms. The first kappa shape index (κ1) is 16.3. The molecule has 2 N–H and O–H groups in total. The van der Waals surface area contributed by atoms with Crippen LogP contribution in [0.2, 0.25) is 0 Å². The van der Waals surface area contributed by atoms with Gasteiger partial charge in [-0.25, -0.2) is 0 Å². The number of carbonyl (C=O) groups is 1. The highest BCUT2D eigenvalue weighted by Crippen LogP contribution is 2.21. The molecule has 0 saturated heterocycles. The standard InChI is InChI=1S/C13H17F3N2O2/c1-18(2)10-5-3-9(4-6-10)12(20)17-8-7-11(19)13(14,15)16/h3-6,11,19H,7-8H2,1-2H3,(H,17,20)/t11-/m0/s1. The minimum absolute atomic E-state index is 0.241. The lowest BCUT2D eigenvalue weighted by molar-refractivity contribution is -0.204. The third-order valence-electron chi connectivity index (χ3n) is 2.73. The third kappa shape index (κ3) is 4.73. The Morgan fingerprint density at radius 2 is 1.85 bits per heavy atom. The number of rotatable bonds is 5. The topological polar surface area (TPSA) is 52.6 Å². The molecule has 0 aliphatic rings. The Kier molecular flexibility index (Phi) is 5.38. The first-order chi connectivity index (χ1) is 9.21. The maximum Gasteiger partial charge on any atom is 0.414 e. The highest BCUT2D eigenvalue weighted by atomic mass is 19.4. The van der Waals surface area contributed by atoms with Crippen LogP contribution in [0.5, 0.6) is 0 Å². The Labute approximate surface area is 115 Å². The predicted octanol–water partition coefficient (Wildman–Crippen LogP) is 1.80. The van der Waals surface area contributed by atoms with Gasteiger partial charge in [0.05, 0.1) is 0 Å². The van der Waals surface area contributed by atoms with E-state index in [9.17, 15) is 18.0 Å². The van der Waals surface area contributed by atoms with E-state index in [-0.39, 0.29) is 6.54 Å². The first-order valence-corrected chi connectivity index (χ1v) is 6.02. The number of aliphatic hydroxyl groups is 1. The number of alkyl halides is 3. The largest absolute Gasteiger partial charge is 0.414 e. The van der Waals surface area contributed by atoms with Crippen LogP contribution in [0.1, 0.15) is 16.8 Å². The molecule has 0 heterocycles. The van der Waals surface area contributed by atoms with Gasteiger partial charge in [-0.2, -0.15) is 13.2 Å². The average molecular weight is 290 g/mol. The molecule has 0 aliphatic carbocycles. The van der Waals surface area contributed by atoms with Gasteiger partial charge in [0.15, 0.2) is 6.10 Å². The Balaban J connectivity index is 2.47. The van der Waals surface area contributed by atoms with Crippen LogP contribution in [0.3, 0.4) is 0 Å². The molecule has 1 aromatic carbocycles. The van der Waals surface area contributed by atoms with E-state index < -0.39 is 24.6 Å². The molecule has 0 unspecified atom stereocenters.